The molecule has 2 aliphatic rings. The Morgan fingerprint density at radius 1 is 1.12 bits per heavy atom. The summed E-state index contributed by atoms with van der Waals surface area (Å²) in [7, 11) is 0. The molecule has 1 aromatic heterocycles. The lowest BCUT2D eigenvalue weighted by Gasteiger charge is -2.33. The van der Waals surface area contributed by atoms with Crippen LogP contribution in [0, 0.1) is 5.92 Å². The maximum absolute atomic E-state index is 11.3. The van der Waals surface area contributed by atoms with Crippen LogP contribution >= 0.6 is 0 Å². The number of aromatic nitrogens is 1. The second kappa shape index (κ2) is 10.6. The number of likely N-dealkylation sites (tertiary alicyclic amines) is 1. The van der Waals surface area contributed by atoms with Gasteiger partial charge < -0.3 is 19.9 Å². The number of H-pyrrole nitrogens is 1. The fourth-order valence-electron chi connectivity index (χ4n) is 5.69. The highest BCUT2D eigenvalue weighted by atomic mass is 16.6. The minimum atomic E-state index is -0.301. The molecule has 0 aliphatic carbocycles. The predicted molar refractivity (Wildman–Crippen MR) is 137 cm³/mol. The molecular formula is C29H37N3O2. The standard InChI is InChI=1S/C29H37N3O2/c1-21(24-7-3-2-4-8-24)19-32-14-12-22(13-15-32)6-5-9-25-18-30-28-11-10-23(17-27(25)28)16-26-20-34-29(33)31-26/h2-4,7-8,10-11,17-18,21-22,26,30H,5-6,9,12-16,19-20H2,1H3,(H,31,33)/t21-,26-/m0/s1. The van der Waals surface area contributed by atoms with Gasteiger partial charge in [0.25, 0.3) is 0 Å². The summed E-state index contributed by atoms with van der Waals surface area (Å²) < 4.78 is 5.03. The number of fused-ring (bicyclic) bond motifs is 1. The van der Waals surface area contributed by atoms with Crippen molar-refractivity contribution < 1.29 is 9.53 Å². The topological polar surface area (TPSA) is 57.4 Å². The van der Waals surface area contributed by atoms with E-state index in [1.165, 1.54) is 72.9 Å². The van der Waals surface area contributed by atoms with Crippen LogP contribution in [0.5, 0.6) is 0 Å². The number of cyclic esters (lactones) is 1. The number of alkyl carbamates (subject to hydrolysis) is 1. The van der Waals surface area contributed by atoms with Crippen molar-refractivity contribution in [3.05, 3.63) is 71.4 Å². The van der Waals surface area contributed by atoms with Crippen molar-refractivity contribution in [1.82, 2.24) is 15.2 Å². The van der Waals surface area contributed by atoms with Crippen LogP contribution in [0.3, 0.4) is 0 Å². The maximum Gasteiger partial charge on any atom is 0.407 e. The first-order chi connectivity index (χ1) is 16.6. The SMILES string of the molecule is C[C@@H](CN1CCC(CCCc2c[nH]c3ccc(C[C@H]4COC(=O)N4)cc23)CC1)c1ccccc1. The molecule has 2 fully saturated rings. The zero-order chi connectivity index (χ0) is 23.3. The van der Waals surface area contributed by atoms with E-state index in [-0.39, 0.29) is 12.1 Å². The van der Waals surface area contributed by atoms with Gasteiger partial charge in [-0.1, -0.05) is 49.7 Å². The van der Waals surface area contributed by atoms with Crippen molar-refractivity contribution in [2.45, 2.75) is 57.4 Å². The van der Waals surface area contributed by atoms with Gasteiger partial charge in [0.05, 0.1) is 6.04 Å². The molecule has 0 saturated carbocycles. The number of hydrogen-bond acceptors (Lipinski definition) is 3. The molecule has 2 saturated heterocycles. The number of carbonyl (C=O) groups is 1. The number of carbonyl (C=O) groups excluding carboxylic acids is 1. The third kappa shape index (κ3) is 5.64. The molecule has 0 radical (unpaired) electrons. The largest absolute Gasteiger partial charge is 0.447 e. The van der Waals surface area contributed by atoms with Gasteiger partial charge in [-0.2, -0.15) is 0 Å². The first-order valence-corrected chi connectivity index (χ1v) is 12.9. The van der Waals surface area contributed by atoms with Crippen LogP contribution in [0.4, 0.5) is 4.79 Å². The van der Waals surface area contributed by atoms with E-state index in [9.17, 15) is 4.79 Å². The number of benzene rings is 2. The van der Waals surface area contributed by atoms with Crippen molar-refractivity contribution in [2.24, 2.45) is 5.92 Å². The summed E-state index contributed by atoms with van der Waals surface area (Å²) >= 11 is 0. The molecule has 0 unspecified atom stereocenters. The van der Waals surface area contributed by atoms with E-state index in [0.717, 1.165) is 18.8 Å². The predicted octanol–water partition coefficient (Wildman–Crippen LogP) is 5.66. The van der Waals surface area contributed by atoms with E-state index in [4.69, 9.17) is 4.74 Å². The number of aromatic amines is 1. The van der Waals surface area contributed by atoms with Crippen molar-refractivity contribution >= 4 is 17.0 Å². The Bertz CT molecular complexity index is 1090. The van der Waals surface area contributed by atoms with Crippen LogP contribution in [0.2, 0.25) is 0 Å². The summed E-state index contributed by atoms with van der Waals surface area (Å²) in [6.07, 6.45) is 9.04. The van der Waals surface area contributed by atoms with Gasteiger partial charge >= 0.3 is 6.09 Å². The molecule has 180 valence electrons. The third-order valence-electron chi connectivity index (χ3n) is 7.72. The van der Waals surface area contributed by atoms with E-state index >= 15 is 0 Å². The van der Waals surface area contributed by atoms with Gasteiger partial charge in [0, 0.05) is 23.6 Å². The summed E-state index contributed by atoms with van der Waals surface area (Å²) in [5.74, 6) is 1.46. The highest BCUT2D eigenvalue weighted by Crippen LogP contribution is 2.27. The van der Waals surface area contributed by atoms with Crippen LogP contribution in [0.25, 0.3) is 10.9 Å². The van der Waals surface area contributed by atoms with Gasteiger partial charge in [-0.15, -0.1) is 0 Å². The lowest BCUT2D eigenvalue weighted by atomic mass is 9.90. The van der Waals surface area contributed by atoms with E-state index in [0.29, 0.717) is 12.5 Å². The first-order valence-electron chi connectivity index (χ1n) is 12.9. The minimum Gasteiger partial charge on any atom is -0.447 e. The summed E-state index contributed by atoms with van der Waals surface area (Å²) in [6, 6.07) is 17.6. The summed E-state index contributed by atoms with van der Waals surface area (Å²) in [5.41, 5.74) is 5.32. The number of nitrogens with zero attached hydrogens (tertiary/aromatic N) is 1. The molecule has 3 aromatic rings. The average molecular weight is 460 g/mol. The van der Waals surface area contributed by atoms with Crippen molar-refractivity contribution in [3.63, 3.8) is 0 Å². The number of amides is 1. The third-order valence-corrected chi connectivity index (χ3v) is 7.72. The number of piperidine rings is 1. The molecule has 3 heterocycles. The molecule has 0 spiro atoms. The van der Waals surface area contributed by atoms with Gasteiger partial charge in [-0.25, -0.2) is 4.79 Å². The Morgan fingerprint density at radius 3 is 2.71 bits per heavy atom. The number of aryl methyl sites for hydroxylation is 1. The van der Waals surface area contributed by atoms with E-state index < -0.39 is 0 Å². The lowest BCUT2D eigenvalue weighted by molar-refractivity contribution is 0.171. The van der Waals surface area contributed by atoms with Crippen molar-refractivity contribution in [1.29, 1.82) is 0 Å². The Kier molecular flexibility index (Phi) is 7.19. The van der Waals surface area contributed by atoms with Gasteiger partial charge in [-0.3, -0.25) is 0 Å². The molecular weight excluding hydrogens is 422 g/mol. The van der Waals surface area contributed by atoms with Crippen LogP contribution < -0.4 is 5.32 Å². The second-order valence-corrected chi connectivity index (χ2v) is 10.3. The Hall–Kier alpha value is -2.79. The van der Waals surface area contributed by atoms with E-state index in [1.54, 1.807) is 0 Å². The summed E-state index contributed by atoms with van der Waals surface area (Å²) in [4.78, 5) is 17.4. The zero-order valence-corrected chi connectivity index (χ0v) is 20.3. The fraction of sp³-hybridized carbons (Fsp3) is 0.483. The van der Waals surface area contributed by atoms with Crippen molar-refractivity contribution in [3.8, 4) is 0 Å². The molecule has 5 heteroatoms. The zero-order valence-electron chi connectivity index (χ0n) is 20.3. The first kappa shape index (κ1) is 23.0. The highest BCUT2D eigenvalue weighted by molar-refractivity contribution is 5.84. The monoisotopic (exact) mass is 459 g/mol. The molecule has 2 atom stereocenters. The number of nitrogens with one attached hydrogen (secondary N) is 2. The van der Waals surface area contributed by atoms with Gasteiger partial charge in [0.15, 0.2) is 0 Å². The van der Waals surface area contributed by atoms with Gasteiger partial charge in [0.2, 0.25) is 0 Å². The summed E-state index contributed by atoms with van der Waals surface area (Å²) in [5, 5.41) is 4.21. The Balaban J connectivity index is 1.08. The van der Waals surface area contributed by atoms with Gasteiger partial charge in [0.1, 0.15) is 6.61 Å². The molecule has 2 aliphatic heterocycles. The molecule has 1 amide bonds. The number of rotatable bonds is 9. The molecule has 2 N–H and O–H groups in total. The molecule has 5 nitrogen and oxygen atoms in total. The lowest BCUT2D eigenvalue weighted by Crippen LogP contribution is -2.36. The normalized spacial score (nSPS) is 20.4. The van der Waals surface area contributed by atoms with E-state index in [2.05, 4.69) is 76.9 Å². The smallest absolute Gasteiger partial charge is 0.407 e. The van der Waals surface area contributed by atoms with Crippen LogP contribution in [0.1, 0.15) is 55.2 Å². The Labute approximate surface area is 202 Å². The highest BCUT2D eigenvalue weighted by Gasteiger charge is 2.23. The molecule has 0 bridgehead atoms. The minimum absolute atomic E-state index is 0.0777. The van der Waals surface area contributed by atoms with Crippen LogP contribution in [0.15, 0.2) is 54.7 Å². The average Bonchev–Trinajstić information content (AvgIpc) is 3.46. The van der Waals surface area contributed by atoms with Crippen LogP contribution in [-0.2, 0) is 17.6 Å². The molecule has 2 aromatic carbocycles. The number of hydrogen-bond donors (Lipinski definition) is 2. The van der Waals surface area contributed by atoms with Gasteiger partial charge in [-0.05, 0) is 85.9 Å². The fourth-order valence-corrected chi connectivity index (χ4v) is 5.69. The maximum atomic E-state index is 11.3. The molecule has 34 heavy (non-hydrogen) atoms. The molecule has 5 rings (SSSR count). The number of ether oxygens (including phenoxy) is 1. The summed E-state index contributed by atoms with van der Waals surface area (Å²) in [6.45, 7) is 6.46. The van der Waals surface area contributed by atoms with Crippen molar-refractivity contribution in [2.75, 3.05) is 26.2 Å². The second-order valence-electron chi connectivity index (χ2n) is 10.3. The Morgan fingerprint density at radius 2 is 1.94 bits per heavy atom. The van der Waals surface area contributed by atoms with Crippen LogP contribution in [-0.4, -0.2) is 48.3 Å². The van der Waals surface area contributed by atoms with E-state index in [1.807, 2.05) is 0 Å². The quantitative estimate of drug-likeness (QED) is 0.434.